The van der Waals surface area contributed by atoms with Crippen molar-refractivity contribution in [1.29, 1.82) is 0 Å². The lowest BCUT2D eigenvalue weighted by atomic mass is 10.2. The molecule has 5 heteroatoms. The first-order chi connectivity index (χ1) is 7.29. The second-order valence-corrected chi connectivity index (χ2v) is 4.80. The van der Waals surface area contributed by atoms with Crippen molar-refractivity contribution in [3.8, 4) is 5.75 Å². The molecular weight excluding hydrogens is 230 g/mol. The first-order valence-corrected chi connectivity index (χ1v) is 6.08. The van der Waals surface area contributed by atoms with Crippen LogP contribution in [0.5, 0.6) is 5.75 Å². The van der Waals surface area contributed by atoms with Crippen molar-refractivity contribution < 1.29 is 9.53 Å². The van der Waals surface area contributed by atoms with Gasteiger partial charge in [-0.2, -0.15) is 0 Å². The fourth-order valence-corrected chi connectivity index (χ4v) is 2.54. The Bertz CT molecular complexity index is 448. The standard InChI is InChI=1S/C10H9NO2S2/c1-13-7-2-10(14-5-7)9(12)3-8-4-11-6-15-8/h2,4-6H,3H2,1H3. The number of hydrogen-bond acceptors (Lipinski definition) is 5. The highest BCUT2D eigenvalue weighted by molar-refractivity contribution is 7.12. The molecule has 0 aliphatic heterocycles. The van der Waals surface area contributed by atoms with Crippen molar-refractivity contribution in [2.75, 3.05) is 7.11 Å². The molecule has 0 aliphatic rings. The Morgan fingerprint density at radius 2 is 2.40 bits per heavy atom. The van der Waals surface area contributed by atoms with Gasteiger partial charge in [-0.05, 0) is 0 Å². The molecule has 15 heavy (non-hydrogen) atoms. The summed E-state index contributed by atoms with van der Waals surface area (Å²) in [6.45, 7) is 0. The topological polar surface area (TPSA) is 39.2 Å². The number of carbonyl (C=O) groups excluding carboxylic acids is 1. The summed E-state index contributed by atoms with van der Waals surface area (Å²) in [5.41, 5.74) is 1.73. The van der Waals surface area contributed by atoms with E-state index in [-0.39, 0.29) is 5.78 Å². The fourth-order valence-electron chi connectivity index (χ4n) is 1.15. The van der Waals surface area contributed by atoms with Gasteiger partial charge >= 0.3 is 0 Å². The summed E-state index contributed by atoms with van der Waals surface area (Å²) in [6.07, 6.45) is 2.15. The minimum Gasteiger partial charge on any atom is -0.496 e. The Labute approximate surface area is 95.4 Å². The van der Waals surface area contributed by atoms with Crippen molar-refractivity contribution in [2.45, 2.75) is 6.42 Å². The average Bonchev–Trinajstić information content (AvgIpc) is 2.86. The molecule has 0 aromatic carbocycles. The minimum absolute atomic E-state index is 0.118. The van der Waals surface area contributed by atoms with Crippen molar-refractivity contribution in [1.82, 2.24) is 4.98 Å². The molecule has 0 unspecified atom stereocenters. The Morgan fingerprint density at radius 1 is 1.53 bits per heavy atom. The van der Waals surface area contributed by atoms with Crippen molar-refractivity contribution >= 4 is 28.5 Å². The summed E-state index contributed by atoms with van der Waals surface area (Å²) in [4.78, 5) is 17.4. The van der Waals surface area contributed by atoms with Gasteiger partial charge in [0.25, 0.3) is 0 Å². The molecule has 3 nitrogen and oxygen atoms in total. The van der Waals surface area contributed by atoms with Crippen LogP contribution in [-0.4, -0.2) is 17.9 Å². The Kier molecular flexibility index (Phi) is 3.13. The summed E-state index contributed by atoms with van der Waals surface area (Å²) >= 11 is 2.91. The smallest absolute Gasteiger partial charge is 0.178 e. The number of rotatable bonds is 4. The number of thiophene rings is 1. The maximum absolute atomic E-state index is 11.8. The molecule has 78 valence electrons. The van der Waals surface area contributed by atoms with Crippen molar-refractivity contribution in [3.05, 3.63) is 32.9 Å². The Morgan fingerprint density at radius 3 is 3.00 bits per heavy atom. The van der Waals surface area contributed by atoms with Gasteiger partial charge in [0.15, 0.2) is 5.78 Å². The van der Waals surface area contributed by atoms with Gasteiger partial charge in [0.2, 0.25) is 0 Å². The zero-order valence-electron chi connectivity index (χ0n) is 8.10. The molecule has 0 aliphatic carbocycles. The number of methoxy groups -OCH3 is 1. The summed E-state index contributed by atoms with van der Waals surface area (Å²) in [5.74, 6) is 0.861. The molecule has 2 rings (SSSR count). The maximum atomic E-state index is 11.8. The molecule has 0 fully saturated rings. The van der Waals surface area contributed by atoms with E-state index < -0.39 is 0 Å². The van der Waals surface area contributed by atoms with Gasteiger partial charge < -0.3 is 4.74 Å². The number of hydrogen-bond donors (Lipinski definition) is 0. The number of ether oxygens (including phenoxy) is 1. The van der Waals surface area contributed by atoms with Crippen LogP contribution in [-0.2, 0) is 6.42 Å². The van der Waals surface area contributed by atoms with Gasteiger partial charge in [0.1, 0.15) is 5.75 Å². The van der Waals surface area contributed by atoms with E-state index in [4.69, 9.17) is 4.74 Å². The lowest BCUT2D eigenvalue weighted by Gasteiger charge is -1.93. The second-order valence-electron chi connectivity index (χ2n) is 2.92. The number of Topliss-reactive ketones (excluding diaryl/α,β-unsaturated/α-hetero) is 1. The van der Waals surface area contributed by atoms with Crippen LogP contribution in [0.4, 0.5) is 0 Å². The highest BCUT2D eigenvalue weighted by atomic mass is 32.1. The monoisotopic (exact) mass is 239 g/mol. The third kappa shape index (κ3) is 2.43. The Hall–Kier alpha value is -1.20. The van der Waals surface area contributed by atoms with Crippen LogP contribution >= 0.6 is 22.7 Å². The van der Waals surface area contributed by atoms with Crippen LogP contribution in [0.2, 0.25) is 0 Å². The number of ketones is 1. The molecule has 0 atom stereocenters. The SMILES string of the molecule is COc1csc(C(=O)Cc2cncs2)c1. The molecule has 0 amide bonds. The molecule has 0 N–H and O–H groups in total. The van der Waals surface area contributed by atoms with E-state index >= 15 is 0 Å². The fraction of sp³-hybridized carbons (Fsp3) is 0.200. The third-order valence-electron chi connectivity index (χ3n) is 1.90. The summed E-state index contributed by atoms with van der Waals surface area (Å²) in [6, 6.07) is 1.77. The summed E-state index contributed by atoms with van der Waals surface area (Å²) in [7, 11) is 1.60. The average molecular weight is 239 g/mol. The summed E-state index contributed by atoms with van der Waals surface area (Å²) < 4.78 is 5.03. The van der Waals surface area contributed by atoms with Crippen LogP contribution in [0.15, 0.2) is 23.2 Å². The highest BCUT2D eigenvalue weighted by Gasteiger charge is 2.11. The molecule has 2 heterocycles. The van der Waals surface area contributed by atoms with E-state index in [9.17, 15) is 4.79 Å². The van der Waals surface area contributed by atoms with Crippen LogP contribution in [0.25, 0.3) is 0 Å². The van der Waals surface area contributed by atoms with Gasteiger partial charge in [0.05, 0.1) is 17.5 Å². The molecule has 2 aromatic rings. The number of aromatic nitrogens is 1. The van der Waals surface area contributed by atoms with E-state index in [0.717, 1.165) is 15.5 Å². The largest absolute Gasteiger partial charge is 0.496 e. The number of nitrogens with zero attached hydrogens (tertiary/aromatic N) is 1. The molecule has 0 saturated heterocycles. The third-order valence-corrected chi connectivity index (χ3v) is 3.63. The number of thiazole rings is 1. The quantitative estimate of drug-likeness (QED) is 0.770. The highest BCUT2D eigenvalue weighted by Crippen LogP contribution is 2.23. The van der Waals surface area contributed by atoms with Gasteiger partial charge in [-0.1, -0.05) is 0 Å². The number of carbonyl (C=O) groups is 1. The van der Waals surface area contributed by atoms with E-state index in [0.29, 0.717) is 6.42 Å². The van der Waals surface area contributed by atoms with Crippen LogP contribution in [0.1, 0.15) is 14.5 Å². The Balaban J connectivity index is 2.08. The molecular formula is C10H9NO2S2. The maximum Gasteiger partial charge on any atom is 0.178 e. The lowest BCUT2D eigenvalue weighted by molar-refractivity contribution is 0.0997. The van der Waals surface area contributed by atoms with E-state index in [2.05, 4.69) is 4.98 Å². The lowest BCUT2D eigenvalue weighted by Crippen LogP contribution is -1.99. The first-order valence-electron chi connectivity index (χ1n) is 4.32. The summed E-state index contributed by atoms with van der Waals surface area (Å²) in [5, 5.41) is 1.83. The zero-order chi connectivity index (χ0) is 10.7. The molecule has 0 radical (unpaired) electrons. The van der Waals surface area contributed by atoms with Crippen LogP contribution < -0.4 is 4.74 Å². The van der Waals surface area contributed by atoms with Gasteiger partial charge in [0, 0.05) is 28.9 Å². The first kappa shape index (κ1) is 10.3. The van der Waals surface area contributed by atoms with E-state index in [1.165, 1.54) is 22.7 Å². The van der Waals surface area contributed by atoms with Gasteiger partial charge in [-0.3, -0.25) is 9.78 Å². The van der Waals surface area contributed by atoms with Crippen molar-refractivity contribution in [3.63, 3.8) is 0 Å². The zero-order valence-corrected chi connectivity index (χ0v) is 9.73. The molecule has 2 aromatic heterocycles. The second kappa shape index (κ2) is 4.55. The normalized spacial score (nSPS) is 10.2. The van der Waals surface area contributed by atoms with Gasteiger partial charge in [-0.15, -0.1) is 22.7 Å². The van der Waals surface area contributed by atoms with Crippen LogP contribution in [0, 0.1) is 0 Å². The molecule has 0 saturated carbocycles. The van der Waals surface area contributed by atoms with E-state index in [1.54, 1.807) is 24.9 Å². The van der Waals surface area contributed by atoms with E-state index in [1.807, 2.05) is 5.38 Å². The van der Waals surface area contributed by atoms with Gasteiger partial charge in [-0.25, -0.2) is 0 Å². The van der Waals surface area contributed by atoms with Crippen LogP contribution in [0.3, 0.4) is 0 Å². The predicted octanol–water partition coefficient (Wildman–Crippen LogP) is 2.64. The minimum atomic E-state index is 0.118. The molecule has 0 bridgehead atoms. The predicted molar refractivity (Wildman–Crippen MR) is 61.0 cm³/mol. The molecule has 0 spiro atoms. The van der Waals surface area contributed by atoms with Crippen molar-refractivity contribution in [2.24, 2.45) is 0 Å².